The summed E-state index contributed by atoms with van der Waals surface area (Å²) in [6.07, 6.45) is 2.27. The number of hydrogen-bond acceptors (Lipinski definition) is 1. The molecule has 1 aromatic rings. The van der Waals surface area contributed by atoms with Crippen molar-refractivity contribution in [1.82, 2.24) is 5.32 Å². The van der Waals surface area contributed by atoms with Crippen LogP contribution in [0.15, 0.2) is 24.3 Å². The highest BCUT2D eigenvalue weighted by atomic mass is 35.5. The maximum Gasteiger partial charge on any atom is 0.251 e. The van der Waals surface area contributed by atoms with Crippen molar-refractivity contribution in [2.24, 2.45) is 0 Å². The number of hydrogen-bond donors (Lipinski definition) is 1. The molecule has 0 radical (unpaired) electrons. The Morgan fingerprint density at radius 2 is 1.86 bits per heavy atom. The van der Waals surface area contributed by atoms with E-state index in [0.717, 1.165) is 18.4 Å². The standard InChI is InChI=1S/C11H13NO.ClH/c1-8-2-4-9(5-3-8)11(13)12-10-6-7-10;/h2-5,10H,6-7H2,1H3,(H,12,13);1H. The highest BCUT2D eigenvalue weighted by Crippen LogP contribution is 2.19. The van der Waals surface area contributed by atoms with Crippen LogP contribution >= 0.6 is 12.4 Å². The summed E-state index contributed by atoms with van der Waals surface area (Å²) in [5.74, 6) is 0.0579. The van der Waals surface area contributed by atoms with Gasteiger partial charge in [-0.15, -0.1) is 12.4 Å². The van der Waals surface area contributed by atoms with E-state index in [9.17, 15) is 4.79 Å². The minimum atomic E-state index is 0. The molecular weight excluding hydrogens is 198 g/mol. The van der Waals surface area contributed by atoms with Crippen molar-refractivity contribution >= 4 is 18.3 Å². The van der Waals surface area contributed by atoms with Gasteiger partial charge in [-0.25, -0.2) is 0 Å². The van der Waals surface area contributed by atoms with Gasteiger partial charge in [0.15, 0.2) is 0 Å². The fourth-order valence-corrected chi connectivity index (χ4v) is 1.20. The molecule has 0 atom stereocenters. The van der Waals surface area contributed by atoms with E-state index in [1.165, 1.54) is 5.56 Å². The van der Waals surface area contributed by atoms with Gasteiger partial charge in [-0.2, -0.15) is 0 Å². The Balaban J connectivity index is 0.000000980. The fraction of sp³-hybridized carbons (Fsp3) is 0.364. The minimum absolute atomic E-state index is 0. The topological polar surface area (TPSA) is 29.1 Å². The van der Waals surface area contributed by atoms with E-state index in [0.29, 0.717) is 6.04 Å². The molecule has 14 heavy (non-hydrogen) atoms. The summed E-state index contributed by atoms with van der Waals surface area (Å²) >= 11 is 0. The van der Waals surface area contributed by atoms with Crippen LogP contribution in [0, 0.1) is 6.92 Å². The first-order valence-electron chi connectivity index (χ1n) is 4.63. The third-order valence-corrected chi connectivity index (χ3v) is 2.23. The molecule has 0 saturated heterocycles. The molecule has 2 nitrogen and oxygen atoms in total. The lowest BCUT2D eigenvalue weighted by Crippen LogP contribution is -2.25. The first kappa shape index (κ1) is 11.1. The second kappa shape index (κ2) is 4.47. The van der Waals surface area contributed by atoms with Crippen LogP contribution in [0.5, 0.6) is 0 Å². The number of halogens is 1. The van der Waals surface area contributed by atoms with Crippen LogP contribution < -0.4 is 5.32 Å². The van der Waals surface area contributed by atoms with E-state index < -0.39 is 0 Å². The van der Waals surface area contributed by atoms with Crippen LogP contribution in [0.2, 0.25) is 0 Å². The zero-order chi connectivity index (χ0) is 9.26. The zero-order valence-electron chi connectivity index (χ0n) is 8.12. The largest absolute Gasteiger partial charge is 0.349 e. The summed E-state index contributed by atoms with van der Waals surface area (Å²) in [7, 11) is 0. The molecule has 2 rings (SSSR count). The average molecular weight is 212 g/mol. The highest BCUT2D eigenvalue weighted by Gasteiger charge is 2.23. The summed E-state index contributed by atoms with van der Waals surface area (Å²) < 4.78 is 0. The summed E-state index contributed by atoms with van der Waals surface area (Å²) in [6.45, 7) is 2.02. The average Bonchev–Trinajstić information content (AvgIpc) is 2.89. The molecule has 1 saturated carbocycles. The molecule has 0 heterocycles. The van der Waals surface area contributed by atoms with Crippen LogP contribution in [0.25, 0.3) is 0 Å². The Labute approximate surface area is 90.1 Å². The summed E-state index contributed by atoms with van der Waals surface area (Å²) in [5, 5.41) is 2.95. The predicted octanol–water partition coefficient (Wildman–Crippen LogP) is 2.31. The molecule has 3 heteroatoms. The van der Waals surface area contributed by atoms with Crippen LogP contribution in [0.4, 0.5) is 0 Å². The van der Waals surface area contributed by atoms with Gasteiger partial charge in [0.1, 0.15) is 0 Å². The second-order valence-corrected chi connectivity index (χ2v) is 3.61. The Kier molecular flexibility index (Phi) is 3.53. The smallest absolute Gasteiger partial charge is 0.251 e. The monoisotopic (exact) mass is 211 g/mol. The molecule has 0 aliphatic heterocycles. The van der Waals surface area contributed by atoms with Crippen LogP contribution in [0.1, 0.15) is 28.8 Å². The molecule has 76 valence electrons. The number of carbonyl (C=O) groups is 1. The quantitative estimate of drug-likeness (QED) is 0.799. The van der Waals surface area contributed by atoms with Crippen molar-refractivity contribution < 1.29 is 4.79 Å². The lowest BCUT2D eigenvalue weighted by molar-refractivity contribution is 0.0951. The number of benzene rings is 1. The normalized spacial score (nSPS) is 14.4. The third kappa shape index (κ3) is 2.74. The molecule has 1 fully saturated rings. The number of aryl methyl sites for hydroxylation is 1. The van der Waals surface area contributed by atoms with Gasteiger partial charge in [0.2, 0.25) is 0 Å². The van der Waals surface area contributed by atoms with Gasteiger partial charge in [-0.1, -0.05) is 17.7 Å². The fourth-order valence-electron chi connectivity index (χ4n) is 1.20. The van der Waals surface area contributed by atoms with E-state index >= 15 is 0 Å². The van der Waals surface area contributed by atoms with Gasteiger partial charge >= 0.3 is 0 Å². The maximum atomic E-state index is 11.5. The van der Waals surface area contributed by atoms with Crippen molar-refractivity contribution in [3.8, 4) is 0 Å². The van der Waals surface area contributed by atoms with Gasteiger partial charge in [0, 0.05) is 11.6 Å². The van der Waals surface area contributed by atoms with E-state index in [2.05, 4.69) is 5.32 Å². The SMILES string of the molecule is Cc1ccc(C(=O)NC2CC2)cc1.Cl. The van der Waals surface area contributed by atoms with Crippen molar-refractivity contribution in [2.45, 2.75) is 25.8 Å². The Bertz CT molecular complexity index is 317. The first-order chi connectivity index (χ1) is 6.25. The molecule has 0 unspecified atom stereocenters. The van der Waals surface area contributed by atoms with E-state index in [1.54, 1.807) is 0 Å². The van der Waals surface area contributed by atoms with Crippen molar-refractivity contribution in [1.29, 1.82) is 0 Å². The van der Waals surface area contributed by atoms with Crippen molar-refractivity contribution in [2.75, 3.05) is 0 Å². The van der Waals surface area contributed by atoms with Crippen molar-refractivity contribution in [3.63, 3.8) is 0 Å². The van der Waals surface area contributed by atoms with Crippen LogP contribution in [-0.4, -0.2) is 11.9 Å². The Morgan fingerprint density at radius 3 is 2.36 bits per heavy atom. The van der Waals surface area contributed by atoms with E-state index in [4.69, 9.17) is 0 Å². The molecule has 1 aliphatic rings. The van der Waals surface area contributed by atoms with Crippen LogP contribution in [0.3, 0.4) is 0 Å². The molecule has 0 aromatic heterocycles. The Hall–Kier alpha value is -1.02. The van der Waals surface area contributed by atoms with E-state index in [-0.39, 0.29) is 18.3 Å². The van der Waals surface area contributed by atoms with Gasteiger partial charge < -0.3 is 5.32 Å². The lowest BCUT2D eigenvalue weighted by Gasteiger charge is -2.02. The second-order valence-electron chi connectivity index (χ2n) is 3.61. The van der Waals surface area contributed by atoms with E-state index in [1.807, 2.05) is 31.2 Å². The molecule has 0 bridgehead atoms. The van der Waals surface area contributed by atoms with Crippen molar-refractivity contribution in [3.05, 3.63) is 35.4 Å². The van der Waals surface area contributed by atoms with Gasteiger partial charge in [0.25, 0.3) is 5.91 Å². The summed E-state index contributed by atoms with van der Waals surface area (Å²) in [4.78, 5) is 11.5. The molecule has 1 N–H and O–H groups in total. The summed E-state index contributed by atoms with van der Waals surface area (Å²) in [6, 6.07) is 8.10. The third-order valence-electron chi connectivity index (χ3n) is 2.23. The van der Waals surface area contributed by atoms with Gasteiger partial charge in [-0.3, -0.25) is 4.79 Å². The number of rotatable bonds is 2. The molecule has 1 amide bonds. The van der Waals surface area contributed by atoms with Crippen LogP contribution in [-0.2, 0) is 0 Å². The number of nitrogens with one attached hydrogen (secondary N) is 1. The molecule has 1 aromatic carbocycles. The molecular formula is C11H14ClNO. The molecule has 0 spiro atoms. The Morgan fingerprint density at radius 1 is 1.29 bits per heavy atom. The predicted molar refractivity (Wildman–Crippen MR) is 58.9 cm³/mol. The van der Waals surface area contributed by atoms with Gasteiger partial charge in [0.05, 0.1) is 0 Å². The zero-order valence-corrected chi connectivity index (χ0v) is 8.93. The summed E-state index contributed by atoms with van der Waals surface area (Å²) in [5.41, 5.74) is 1.94. The molecule has 1 aliphatic carbocycles. The number of amides is 1. The number of carbonyl (C=O) groups excluding carboxylic acids is 1. The minimum Gasteiger partial charge on any atom is -0.349 e. The highest BCUT2D eigenvalue weighted by molar-refractivity contribution is 5.94. The maximum absolute atomic E-state index is 11.5. The van der Waals surface area contributed by atoms with Gasteiger partial charge in [-0.05, 0) is 31.9 Å². The lowest BCUT2D eigenvalue weighted by atomic mass is 10.1. The first-order valence-corrected chi connectivity index (χ1v) is 4.63.